The Morgan fingerprint density at radius 2 is 1.80 bits per heavy atom. The fraction of sp³-hybridized carbons (Fsp3) is 0.556. The smallest absolute Gasteiger partial charge is 0.316 e. The third-order valence-electron chi connectivity index (χ3n) is 4.07. The van der Waals surface area contributed by atoms with Gasteiger partial charge in [-0.15, -0.1) is 11.8 Å². The molecule has 1 fully saturated rings. The van der Waals surface area contributed by atoms with Crippen molar-refractivity contribution in [2.45, 2.75) is 55.9 Å². The minimum absolute atomic E-state index is 0.0801. The quantitative estimate of drug-likeness (QED) is 0.544. The Morgan fingerprint density at radius 1 is 1.12 bits per heavy atom. The maximum atomic E-state index is 12.0. The number of amides is 1. The number of esters is 1. The van der Waals surface area contributed by atoms with E-state index < -0.39 is 5.97 Å². The van der Waals surface area contributed by atoms with Crippen LogP contribution in [0.25, 0.3) is 0 Å². The number of thioether (sulfide) groups is 1. The number of halogens is 2. The van der Waals surface area contributed by atoms with Crippen molar-refractivity contribution in [2.24, 2.45) is 0 Å². The van der Waals surface area contributed by atoms with Crippen LogP contribution in [-0.4, -0.2) is 30.3 Å². The molecule has 0 bridgehead atoms. The molecule has 138 valence electrons. The topological polar surface area (TPSA) is 55.4 Å². The number of nitrogens with one attached hydrogen (secondary N) is 1. The van der Waals surface area contributed by atoms with Crippen molar-refractivity contribution in [1.82, 2.24) is 5.32 Å². The molecule has 0 atom stereocenters. The van der Waals surface area contributed by atoms with E-state index in [1.807, 2.05) is 0 Å². The van der Waals surface area contributed by atoms with E-state index in [1.165, 1.54) is 31.0 Å². The van der Waals surface area contributed by atoms with Gasteiger partial charge < -0.3 is 10.1 Å². The zero-order chi connectivity index (χ0) is 18.1. The van der Waals surface area contributed by atoms with Gasteiger partial charge in [-0.3, -0.25) is 9.59 Å². The molecule has 1 aromatic carbocycles. The maximum absolute atomic E-state index is 12.0. The first-order valence-corrected chi connectivity index (χ1v) is 10.3. The highest BCUT2D eigenvalue weighted by Gasteiger charge is 2.15. The number of hydrogen-bond donors (Lipinski definition) is 1. The SMILES string of the molecule is O=C(COC(=O)CSc1cc(Cl)ccc1Cl)NC1CCCCCCC1. The second-order valence-corrected chi connectivity index (χ2v) is 7.99. The van der Waals surface area contributed by atoms with Crippen molar-refractivity contribution in [3.05, 3.63) is 28.2 Å². The Bertz CT molecular complexity index is 590. The molecule has 1 amide bonds. The van der Waals surface area contributed by atoms with Crippen LogP contribution in [-0.2, 0) is 14.3 Å². The predicted octanol–water partition coefficient (Wildman–Crippen LogP) is 4.86. The number of benzene rings is 1. The first-order valence-electron chi connectivity index (χ1n) is 8.57. The van der Waals surface area contributed by atoms with Crippen LogP contribution in [0.3, 0.4) is 0 Å². The number of carbonyl (C=O) groups is 2. The highest BCUT2D eigenvalue weighted by molar-refractivity contribution is 8.00. The summed E-state index contributed by atoms with van der Waals surface area (Å²) in [5.74, 6) is -0.602. The van der Waals surface area contributed by atoms with E-state index in [4.69, 9.17) is 27.9 Å². The summed E-state index contributed by atoms with van der Waals surface area (Å²) in [6, 6.07) is 5.26. The van der Waals surface area contributed by atoms with Gasteiger partial charge >= 0.3 is 5.97 Å². The summed E-state index contributed by atoms with van der Waals surface area (Å²) >= 11 is 13.2. The molecule has 1 aliphatic carbocycles. The third-order valence-corrected chi connectivity index (χ3v) is 5.78. The Kier molecular flexibility index (Phi) is 8.93. The molecule has 7 heteroatoms. The molecule has 25 heavy (non-hydrogen) atoms. The average Bonchev–Trinajstić information content (AvgIpc) is 2.56. The lowest BCUT2D eigenvalue weighted by molar-refractivity contribution is -0.146. The molecule has 0 radical (unpaired) electrons. The van der Waals surface area contributed by atoms with Gasteiger partial charge in [0.05, 0.1) is 10.8 Å². The number of rotatable bonds is 6. The first kappa shape index (κ1) is 20.4. The minimum Gasteiger partial charge on any atom is -0.455 e. The van der Waals surface area contributed by atoms with Crippen molar-refractivity contribution < 1.29 is 14.3 Å². The van der Waals surface area contributed by atoms with E-state index in [2.05, 4.69) is 5.32 Å². The molecule has 0 spiro atoms. The summed E-state index contributed by atoms with van der Waals surface area (Å²) in [7, 11) is 0. The lowest BCUT2D eigenvalue weighted by Crippen LogP contribution is -2.38. The van der Waals surface area contributed by atoms with Crippen LogP contribution < -0.4 is 5.32 Å². The summed E-state index contributed by atoms with van der Waals surface area (Å²) < 4.78 is 5.05. The van der Waals surface area contributed by atoms with E-state index in [0.29, 0.717) is 14.9 Å². The summed E-state index contributed by atoms with van der Waals surface area (Å²) in [6.07, 6.45) is 8.02. The van der Waals surface area contributed by atoms with Gasteiger partial charge in [-0.05, 0) is 31.0 Å². The molecule has 0 aliphatic heterocycles. The van der Waals surface area contributed by atoms with Crippen LogP contribution >= 0.6 is 35.0 Å². The van der Waals surface area contributed by atoms with Gasteiger partial charge in [0.15, 0.2) is 6.61 Å². The van der Waals surface area contributed by atoms with Gasteiger partial charge in [-0.2, -0.15) is 0 Å². The van der Waals surface area contributed by atoms with Crippen LogP contribution in [0.5, 0.6) is 0 Å². The Morgan fingerprint density at radius 3 is 2.52 bits per heavy atom. The summed E-state index contributed by atoms with van der Waals surface area (Å²) in [5.41, 5.74) is 0. The first-order chi connectivity index (χ1) is 12.0. The molecule has 2 rings (SSSR count). The van der Waals surface area contributed by atoms with Crippen LogP contribution in [0.1, 0.15) is 44.9 Å². The highest BCUT2D eigenvalue weighted by Crippen LogP contribution is 2.29. The molecular formula is C18H23Cl2NO3S. The molecule has 1 aliphatic rings. The summed E-state index contributed by atoms with van der Waals surface area (Å²) in [5, 5.41) is 4.06. The zero-order valence-electron chi connectivity index (χ0n) is 14.1. The number of carbonyl (C=O) groups excluding carboxylic acids is 2. The molecule has 1 aromatic rings. The van der Waals surface area contributed by atoms with Gasteiger partial charge in [0.25, 0.3) is 5.91 Å². The van der Waals surface area contributed by atoms with E-state index in [9.17, 15) is 9.59 Å². The predicted molar refractivity (Wildman–Crippen MR) is 102 cm³/mol. The van der Waals surface area contributed by atoms with Gasteiger partial charge in [0, 0.05) is 16.0 Å². The van der Waals surface area contributed by atoms with Gasteiger partial charge in [0.2, 0.25) is 0 Å². The van der Waals surface area contributed by atoms with Gasteiger partial charge in [-0.25, -0.2) is 0 Å². The van der Waals surface area contributed by atoms with Crippen molar-refractivity contribution >= 4 is 46.8 Å². The number of hydrogen-bond acceptors (Lipinski definition) is 4. The molecule has 1 N–H and O–H groups in total. The maximum Gasteiger partial charge on any atom is 0.316 e. The molecule has 0 aromatic heterocycles. The average molecular weight is 404 g/mol. The molecular weight excluding hydrogens is 381 g/mol. The van der Waals surface area contributed by atoms with Gasteiger partial charge in [-0.1, -0.05) is 55.3 Å². The van der Waals surface area contributed by atoms with Crippen molar-refractivity contribution in [2.75, 3.05) is 12.4 Å². The Labute approximate surface area is 163 Å². The Balaban J connectivity index is 1.68. The van der Waals surface area contributed by atoms with Crippen LogP contribution in [0, 0.1) is 0 Å². The second kappa shape index (κ2) is 10.9. The molecule has 0 heterocycles. The largest absolute Gasteiger partial charge is 0.455 e. The highest BCUT2D eigenvalue weighted by atomic mass is 35.5. The molecule has 4 nitrogen and oxygen atoms in total. The van der Waals surface area contributed by atoms with Gasteiger partial charge in [0.1, 0.15) is 0 Å². The fourth-order valence-electron chi connectivity index (χ4n) is 2.78. The summed E-state index contributed by atoms with van der Waals surface area (Å²) in [4.78, 5) is 24.5. The normalized spacial score (nSPS) is 15.9. The van der Waals surface area contributed by atoms with Crippen molar-refractivity contribution in [3.8, 4) is 0 Å². The minimum atomic E-state index is -0.450. The fourth-order valence-corrected chi connectivity index (χ4v) is 4.07. The molecule has 0 unspecified atom stereocenters. The van der Waals surface area contributed by atoms with Crippen LogP contribution in [0.2, 0.25) is 10.0 Å². The number of ether oxygens (including phenoxy) is 1. The zero-order valence-corrected chi connectivity index (χ0v) is 16.4. The summed E-state index contributed by atoms with van der Waals surface area (Å²) in [6.45, 7) is -0.237. The van der Waals surface area contributed by atoms with Crippen molar-refractivity contribution in [3.63, 3.8) is 0 Å². The second-order valence-electron chi connectivity index (χ2n) is 6.13. The lowest BCUT2D eigenvalue weighted by Gasteiger charge is -2.20. The lowest BCUT2D eigenvalue weighted by atomic mass is 9.97. The van der Waals surface area contributed by atoms with E-state index in [-0.39, 0.29) is 24.3 Å². The Hall–Kier alpha value is -0.910. The monoisotopic (exact) mass is 403 g/mol. The van der Waals surface area contributed by atoms with Crippen molar-refractivity contribution in [1.29, 1.82) is 0 Å². The van der Waals surface area contributed by atoms with E-state index in [0.717, 1.165) is 25.7 Å². The van der Waals surface area contributed by atoms with Crippen LogP contribution in [0.4, 0.5) is 0 Å². The molecule has 1 saturated carbocycles. The van der Waals surface area contributed by atoms with Crippen LogP contribution in [0.15, 0.2) is 23.1 Å². The molecule has 0 saturated heterocycles. The third kappa shape index (κ3) is 7.89. The standard InChI is InChI=1S/C18H23Cl2NO3S/c19-13-8-9-15(20)16(10-13)25-12-18(23)24-11-17(22)21-14-6-4-2-1-3-5-7-14/h8-10,14H,1-7,11-12H2,(H,21,22). The van der Waals surface area contributed by atoms with E-state index >= 15 is 0 Å². The van der Waals surface area contributed by atoms with E-state index in [1.54, 1.807) is 18.2 Å².